The molecule has 3 nitrogen and oxygen atoms in total. The summed E-state index contributed by atoms with van der Waals surface area (Å²) in [6, 6.07) is 0.472. The lowest BCUT2D eigenvalue weighted by Crippen LogP contribution is -2.28. The zero-order valence-corrected chi connectivity index (χ0v) is 10.5. The fraction of sp³-hybridized carbons (Fsp3) is 0.692. The lowest BCUT2D eigenvalue weighted by atomic mass is 9.95. The van der Waals surface area contributed by atoms with E-state index in [0.29, 0.717) is 6.04 Å². The quantitative estimate of drug-likeness (QED) is 0.830. The van der Waals surface area contributed by atoms with E-state index >= 15 is 0 Å². The Labute approximate surface area is 97.7 Å². The van der Waals surface area contributed by atoms with Crippen molar-refractivity contribution in [3.63, 3.8) is 0 Å². The van der Waals surface area contributed by atoms with Gasteiger partial charge in [-0.2, -0.15) is 0 Å². The van der Waals surface area contributed by atoms with Gasteiger partial charge in [-0.1, -0.05) is 13.3 Å². The highest BCUT2D eigenvalue weighted by molar-refractivity contribution is 5.28. The van der Waals surface area contributed by atoms with Crippen LogP contribution in [-0.2, 0) is 6.42 Å². The summed E-state index contributed by atoms with van der Waals surface area (Å²) in [6.07, 6.45) is 4.74. The van der Waals surface area contributed by atoms with Crippen LogP contribution in [0.25, 0.3) is 0 Å². The molecule has 1 fully saturated rings. The zero-order valence-electron chi connectivity index (χ0n) is 10.5. The molecule has 0 amide bonds. The van der Waals surface area contributed by atoms with Crippen molar-refractivity contribution in [3.8, 4) is 0 Å². The minimum absolute atomic E-state index is 0.472. The maximum absolute atomic E-state index is 4.58. The molecule has 0 aliphatic carbocycles. The summed E-state index contributed by atoms with van der Waals surface area (Å²) in [5.74, 6) is 0.967. The molecule has 1 aromatic rings. The first-order valence-corrected chi connectivity index (χ1v) is 6.29. The highest BCUT2D eigenvalue weighted by Gasteiger charge is 2.20. The van der Waals surface area contributed by atoms with Gasteiger partial charge in [0.2, 0.25) is 0 Å². The van der Waals surface area contributed by atoms with Gasteiger partial charge in [0.15, 0.2) is 0 Å². The molecule has 0 aromatic carbocycles. The Hall–Kier alpha value is -0.960. The zero-order chi connectivity index (χ0) is 11.5. The van der Waals surface area contributed by atoms with Crippen molar-refractivity contribution in [2.24, 2.45) is 0 Å². The van der Waals surface area contributed by atoms with Crippen LogP contribution in [0.5, 0.6) is 0 Å². The lowest BCUT2D eigenvalue weighted by Gasteiger charge is -2.26. The number of aromatic nitrogens is 2. The van der Waals surface area contributed by atoms with Gasteiger partial charge >= 0.3 is 0 Å². The maximum Gasteiger partial charge on any atom is 0.128 e. The molecule has 2 heterocycles. The molecular weight excluding hydrogens is 198 g/mol. The highest BCUT2D eigenvalue weighted by Crippen LogP contribution is 2.26. The molecule has 0 bridgehead atoms. The smallest absolute Gasteiger partial charge is 0.128 e. The second-order valence-electron chi connectivity index (χ2n) is 4.58. The molecule has 1 saturated heterocycles. The number of nitrogens with zero attached hydrogens (tertiary/aromatic N) is 2. The van der Waals surface area contributed by atoms with Crippen LogP contribution in [0.2, 0.25) is 0 Å². The molecule has 1 aliphatic rings. The van der Waals surface area contributed by atoms with E-state index < -0.39 is 0 Å². The normalized spacial score (nSPS) is 21.1. The fourth-order valence-corrected chi connectivity index (χ4v) is 2.56. The Bertz CT molecular complexity index is 344. The van der Waals surface area contributed by atoms with Gasteiger partial charge in [-0.25, -0.2) is 9.97 Å². The van der Waals surface area contributed by atoms with Crippen LogP contribution in [0.1, 0.15) is 55.0 Å². The van der Waals surface area contributed by atoms with Crippen LogP contribution in [0.4, 0.5) is 0 Å². The molecule has 1 aliphatic heterocycles. The predicted molar refractivity (Wildman–Crippen MR) is 65.5 cm³/mol. The van der Waals surface area contributed by atoms with Crippen LogP contribution < -0.4 is 5.32 Å². The molecule has 88 valence electrons. The molecule has 0 radical (unpaired) electrons. The molecular formula is C13H21N3. The van der Waals surface area contributed by atoms with E-state index in [1.165, 1.54) is 24.8 Å². The number of hydrogen-bond acceptors (Lipinski definition) is 3. The van der Waals surface area contributed by atoms with Gasteiger partial charge in [0.25, 0.3) is 0 Å². The molecule has 1 N–H and O–H groups in total. The summed E-state index contributed by atoms with van der Waals surface area (Å²) in [5, 5.41) is 3.57. The number of aryl methyl sites for hydroxylation is 3. The lowest BCUT2D eigenvalue weighted by molar-refractivity contribution is 0.407. The second kappa shape index (κ2) is 4.91. The van der Waals surface area contributed by atoms with E-state index in [2.05, 4.69) is 36.1 Å². The summed E-state index contributed by atoms with van der Waals surface area (Å²) in [7, 11) is 0. The van der Waals surface area contributed by atoms with Crippen molar-refractivity contribution in [1.82, 2.24) is 15.3 Å². The Morgan fingerprint density at radius 1 is 1.19 bits per heavy atom. The average Bonchev–Trinajstić information content (AvgIpc) is 2.29. The van der Waals surface area contributed by atoms with Crippen LogP contribution >= 0.6 is 0 Å². The summed E-state index contributed by atoms with van der Waals surface area (Å²) < 4.78 is 0. The van der Waals surface area contributed by atoms with E-state index in [4.69, 9.17) is 0 Å². The highest BCUT2D eigenvalue weighted by atomic mass is 15.0. The molecule has 0 spiro atoms. The van der Waals surface area contributed by atoms with E-state index in [1.54, 1.807) is 0 Å². The van der Waals surface area contributed by atoms with Gasteiger partial charge in [0, 0.05) is 29.4 Å². The number of nitrogens with one attached hydrogen (secondary N) is 1. The monoisotopic (exact) mass is 219 g/mol. The summed E-state index contributed by atoms with van der Waals surface area (Å²) in [6.45, 7) is 7.45. The maximum atomic E-state index is 4.58. The SMILES string of the molecule is CCc1nc(C)c(C2CCCCN2)c(C)n1. The van der Waals surface area contributed by atoms with Crippen molar-refractivity contribution >= 4 is 0 Å². The third-order valence-electron chi connectivity index (χ3n) is 3.35. The molecule has 3 heteroatoms. The summed E-state index contributed by atoms with van der Waals surface area (Å²) in [4.78, 5) is 9.15. The fourth-order valence-electron chi connectivity index (χ4n) is 2.56. The molecule has 0 saturated carbocycles. The Balaban J connectivity index is 2.32. The van der Waals surface area contributed by atoms with E-state index in [-0.39, 0.29) is 0 Å². The minimum Gasteiger partial charge on any atom is -0.310 e. The molecule has 1 atom stereocenters. The van der Waals surface area contributed by atoms with Gasteiger partial charge in [-0.05, 0) is 33.2 Å². The van der Waals surface area contributed by atoms with E-state index in [1.807, 2.05) is 0 Å². The first kappa shape index (κ1) is 11.5. The summed E-state index contributed by atoms with van der Waals surface area (Å²) in [5.41, 5.74) is 3.64. The molecule has 2 rings (SSSR count). The Morgan fingerprint density at radius 3 is 2.38 bits per heavy atom. The second-order valence-corrected chi connectivity index (χ2v) is 4.58. The Morgan fingerprint density at radius 2 is 1.88 bits per heavy atom. The van der Waals surface area contributed by atoms with Gasteiger partial charge < -0.3 is 5.32 Å². The molecule has 16 heavy (non-hydrogen) atoms. The molecule has 1 unspecified atom stereocenters. The number of piperidine rings is 1. The van der Waals surface area contributed by atoms with Crippen LogP contribution in [0.3, 0.4) is 0 Å². The first-order chi connectivity index (χ1) is 7.72. The van der Waals surface area contributed by atoms with Crippen LogP contribution in [-0.4, -0.2) is 16.5 Å². The van der Waals surface area contributed by atoms with Crippen molar-refractivity contribution in [2.75, 3.05) is 6.54 Å². The van der Waals surface area contributed by atoms with Gasteiger partial charge in [0.1, 0.15) is 5.82 Å². The third kappa shape index (κ3) is 2.24. The molecule has 1 aromatic heterocycles. The van der Waals surface area contributed by atoms with E-state index in [9.17, 15) is 0 Å². The van der Waals surface area contributed by atoms with Crippen molar-refractivity contribution in [3.05, 3.63) is 22.8 Å². The van der Waals surface area contributed by atoms with Crippen molar-refractivity contribution in [1.29, 1.82) is 0 Å². The first-order valence-electron chi connectivity index (χ1n) is 6.29. The average molecular weight is 219 g/mol. The summed E-state index contributed by atoms with van der Waals surface area (Å²) >= 11 is 0. The van der Waals surface area contributed by atoms with Gasteiger partial charge in [-0.3, -0.25) is 0 Å². The third-order valence-corrected chi connectivity index (χ3v) is 3.35. The minimum atomic E-state index is 0.472. The van der Waals surface area contributed by atoms with Crippen molar-refractivity contribution < 1.29 is 0 Å². The Kier molecular flexibility index (Phi) is 3.54. The topological polar surface area (TPSA) is 37.8 Å². The largest absolute Gasteiger partial charge is 0.310 e. The van der Waals surface area contributed by atoms with Crippen molar-refractivity contribution in [2.45, 2.75) is 52.5 Å². The standard InChI is InChI=1S/C13H21N3/c1-4-12-15-9(2)13(10(3)16-12)11-7-5-6-8-14-11/h11,14H,4-8H2,1-3H3. The number of hydrogen-bond donors (Lipinski definition) is 1. The predicted octanol–water partition coefficient (Wildman–Crippen LogP) is 2.47. The number of rotatable bonds is 2. The van der Waals surface area contributed by atoms with Crippen LogP contribution in [0.15, 0.2) is 0 Å². The van der Waals surface area contributed by atoms with Gasteiger partial charge in [-0.15, -0.1) is 0 Å². The van der Waals surface area contributed by atoms with Gasteiger partial charge in [0.05, 0.1) is 0 Å². The van der Waals surface area contributed by atoms with Crippen LogP contribution in [0, 0.1) is 13.8 Å². The van der Waals surface area contributed by atoms with E-state index in [0.717, 1.165) is 30.2 Å².